The van der Waals surface area contributed by atoms with E-state index in [1.807, 2.05) is 40.9 Å². The average Bonchev–Trinajstić information content (AvgIpc) is 3.41. The monoisotopic (exact) mass is 449 g/mol. The molecule has 2 fully saturated rings. The van der Waals surface area contributed by atoms with Crippen molar-refractivity contribution in [3.63, 3.8) is 0 Å². The molecule has 174 valence electrons. The van der Waals surface area contributed by atoms with Crippen LogP contribution in [0.2, 0.25) is 0 Å². The number of nitrogens with one attached hydrogen (secondary N) is 1. The molecule has 1 N–H and O–H groups in total. The van der Waals surface area contributed by atoms with E-state index < -0.39 is 0 Å². The van der Waals surface area contributed by atoms with Crippen molar-refractivity contribution in [2.24, 2.45) is 18.4 Å². The summed E-state index contributed by atoms with van der Waals surface area (Å²) in [6, 6.07) is 8.08. The third kappa shape index (κ3) is 3.79. The minimum absolute atomic E-state index is 0.00221. The van der Waals surface area contributed by atoms with Gasteiger partial charge in [-0.05, 0) is 43.1 Å². The van der Waals surface area contributed by atoms with E-state index in [1.165, 1.54) is 0 Å². The number of rotatable bonds is 5. The third-order valence-corrected chi connectivity index (χ3v) is 7.36. The molecule has 5 rings (SSSR count). The Hall–Kier alpha value is -3.23. The van der Waals surface area contributed by atoms with E-state index in [1.54, 1.807) is 10.9 Å². The SMILES string of the molecule is CC(C)CNC(=O)c1cn(C2CCC23CCN(C(=O)c2nn(C)c4ccccc24)CC3)nn1. The second-order valence-electron chi connectivity index (χ2n) is 9.89. The molecule has 0 bridgehead atoms. The highest BCUT2D eigenvalue weighted by Gasteiger charge is 2.50. The summed E-state index contributed by atoms with van der Waals surface area (Å²) >= 11 is 0. The molecule has 1 unspecified atom stereocenters. The van der Waals surface area contributed by atoms with Crippen LogP contribution in [0.3, 0.4) is 0 Å². The predicted octanol–water partition coefficient (Wildman–Crippen LogP) is 2.81. The maximum atomic E-state index is 13.3. The molecule has 1 saturated carbocycles. The molecule has 9 heteroatoms. The highest BCUT2D eigenvalue weighted by molar-refractivity contribution is 6.04. The Kier molecular flexibility index (Phi) is 5.42. The van der Waals surface area contributed by atoms with Crippen LogP contribution in [0.1, 0.15) is 66.5 Å². The highest BCUT2D eigenvalue weighted by Crippen LogP contribution is 2.56. The fraction of sp³-hybridized carbons (Fsp3) is 0.542. The Morgan fingerprint density at radius 3 is 2.64 bits per heavy atom. The van der Waals surface area contributed by atoms with Gasteiger partial charge in [-0.3, -0.25) is 14.3 Å². The number of aromatic nitrogens is 5. The van der Waals surface area contributed by atoms with Gasteiger partial charge in [0.05, 0.1) is 17.8 Å². The van der Waals surface area contributed by atoms with Crippen LogP contribution in [0.15, 0.2) is 30.5 Å². The lowest BCUT2D eigenvalue weighted by atomic mass is 9.59. The first-order valence-electron chi connectivity index (χ1n) is 11.8. The molecule has 2 amide bonds. The number of para-hydroxylation sites is 1. The van der Waals surface area contributed by atoms with Crippen molar-refractivity contribution in [3.8, 4) is 0 Å². The number of aryl methyl sites for hydroxylation is 1. The summed E-state index contributed by atoms with van der Waals surface area (Å²) < 4.78 is 3.65. The summed E-state index contributed by atoms with van der Waals surface area (Å²) in [6.45, 7) is 6.15. The maximum absolute atomic E-state index is 13.3. The molecular formula is C24H31N7O2. The predicted molar refractivity (Wildman–Crippen MR) is 124 cm³/mol. The van der Waals surface area contributed by atoms with Crippen molar-refractivity contribution >= 4 is 22.7 Å². The summed E-state index contributed by atoms with van der Waals surface area (Å²) in [5, 5.41) is 16.7. The lowest BCUT2D eigenvalue weighted by Gasteiger charge is -2.53. The van der Waals surface area contributed by atoms with Gasteiger partial charge in [0.25, 0.3) is 11.8 Å². The highest BCUT2D eigenvalue weighted by atomic mass is 16.2. The number of benzene rings is 1. The van der Waals surface area contributed by atoms with Gasteiger partial charge in [0.2, 0.25) is 0 Å². The van der Waals surface area contributed by atoms with Crippen molar-refractivity contribution in [1.29, 1.82) is 0 Å². The summed E-state index contributed by atoms with van der Waals surface area (Å²) in [7, 11) is 1.87. The molecule has 0 radical (unpaired) electrons. The van der Waals surface area contributed by atoms with Crippen LogP contribution < -0.4 is 5.32 Å². The van der Waals surface area contributed by atoms with Crippen molar-refractivity contribution in [2.75, 3.05) is 19.6 Å². The van der Waals surface area contributed by atoms with E-state index in [2.05, 4.69) is 34.6 Å². The number of carbonyl (C=O) groups excluding carboxylic acids is 2. The van der Waals surface area contributed by atoms with Crippen molar-refractivity contribution < 1.29 is 9.59 Å². The molecule has 1 atom stereocenters. The first-order chi connectivity index (χ1) is 15.9. The smallest absolute Gasteiger partial charge is 0.275 e. The zero-order valence-corrected chi connectivity index (χ0v) is 19.5. The van der Waals surface area contributed by atoms with Crippen LogP contribution in [0, 0.1) is 11.3 Å². The fourth-order valence-electron chi connectivity index (χ4n) is 5.27. The van der Waals surface area contributed by atoms with Gasteiger partial charge in [0, 0.05) is 32.1 Å². The molecule has 3 heterocycles. The average molecular weight is 450 g/mol. The number of hydrogen-bond acceptors (Lipinski definition) is 5. The third-order valence-electron chi connectivity index (χ3n) is 7.36. The normalized spacial score (nSPS) is 19.8. The van der Waals surface area contributed by atoms with Gasteiger partial charge in [-0.25, -0.2) is 4.68 Å². The maximum Gasteiger partial charge on any atom is 0.275 e. The molecule has 33 heavy (non-hydrogen) atoms. The van der Waals surface area contributed by atoms with Gasteiger partial charge >= 0.3 is 0 Å². The lowest BCUT2D eigenvalue weighted by Crippen LogP contribution is -2.51. The zero-order valence-electron chi connectivity index (χ0n) is 19.5. The van der Waals surface area contributed by atoms with Crippen LogP contribution >= 0.6 is 0 Å². The minimum atomic E-state index is -0.175. The second-order valence-corrected chi connectivity index (χ2v) is 9.89. The van der Waals surface area contributed by atoms with Crippen molar-refractivity contribution in [3.05, 3.63) is 41.9 Å². The second kappa shape index (κ2) is 8.28. The molecule has 1 aromatic carbocycles. The zero-order chi connectivity index (χ0) is 23.2. The van der Waals surface area contributed by atoms with Gasteiger partial charge in [-0.15, -0.1) is 5.10 Å². The Balaban J connectivity index is 1.25. The molecular weight excluding hydrogens is 418 g/mol. The van der Waals surface area contributed by atoms with E-state index in [4.69, 9.17) is 0 Å². The van der Waals surface area contributed by atoms with Crippen LogP contribution in [-0.4, -0.2) is 61.1 Å². The Bertz CT molecular complexity index is 1190. The fourth-order valence-corrected chi connectivity index (χ4v) is 5.27. The standard InChI is InChI=1S/C24H31N7O2/c1-16(2)14-25-22(32)18-15-31(28-26-18)20-8-9-24(20)10-12-30(13-11-24)23(33)21-17-6-4-5-7-19(17)29(3)27-21/h4-7,15-16,20H,8-14H2,1-3H3,(H,25,32). The Morgan fingerprint density at radius 2 is 1.94 bits per heavy atom. The minimum Gasteiger partial charge on any atom is -0.350 e. The molecule has 1 spiro atoms. The lowest BCUT2D eigenvalue weighted by molar-refractivity contribution is -0.0269. The van der Waals surface area contributed by atoms with Crippen molar-refractivity contribution in [1.82, 2.24) is 35.0 Å². The first-order valence-corrected chi connectivity index (χ1v) is 11.8. The quantitative estimate of drug-likeness (QED) is 0.646. The van der Waals surface area contributed by atoms with Gasteiger partial charge in [-0.2, -0.15) is 5.10 Å². The Labute approximate surface area is 193 Å². The molecule has 1 aliphatic carbocycles. The number of carbonyl (C=O) groups is 2. The van der Waals surface area contributed by atoms with E-state index in [0.29, 0.717) is 36.9 Å². The van der Waals surface area contributed by atoms with Crippen LogP contribution in [0.25, 0.3) is 10.9 Å². The van der Waals surface area contributed by atoms with Gasteiger partial charge in [0.15, 0.2) is 11.4 Å². The van der Waals surface area contributed by atoms with Gasteiger partial charge in [0.1, 0.15) is 0 Å². The number of fused-ring (bicyclic) bond motifs is 1. The van der Waals surface area contributed by atoms with Gasteiger partial charge in [-0.1, -0.05) is 37.3 Å². The van der Waals surface area contributed by atoms with Crippen LogP contribution in [0.5, 0.6) is 0 Å². The largest absolute Gasteiger partial charge is 0.350 e. The summed E-state index contributed by atoms with van der Waals surface area (Å²) in [5.74, 6) is 0.213. The summed E-state index contributed by atoms with van der Waals surface area (Å²) in [5.41, 5.74) is 1.98. The Morgan fingerprint density at radius 1 is 1.18 bits per heavy atom. The van der Waals surface area contributed by atoms with E-state index in [-0.39, 0.29) is 23.3 Å². The number of nitrogens with zero attached hydrogens (tertiary/aromatic N) is 6. The van der Waals surface area contributed by atoms with Gasteiger partial charge < -0.3 is 10.2 Å². The number of hydrogen-bond donors (Lipinski definition) is 1. The van der Waals surface area contributed by atoms with E-state index in [0.717, 1.165) is 36.6 Å². The number of amides is 2. The summed E-state index contributed by atoms with van der Waals surface area (Å²) in [4.78, 5) is 27.5. The molecule has 2 aromatic heterocycles. The van der Waals surface area contributed by atoms with Crippen LogP contribution in [0.4, 0.5) is 0 Å². The molecule has 3 aromatic rings. The van der Waals surface area contributed by atoms with Crippen molar-refractivity contribution in [2.45, 2.75) is 45.6 Å². The topological polar surface area (TPSA) is 97.9 Å². The van der Waals surface area contributed by atoms with Crippen LogP contribution in [-0.2, 0) is 7.05 Å². The molecule has 9 nitrogen and oxygen atoms in total. The molecule has 1 saturated heterocycles. The first kappa shape index (κ1) is 21.6. The molecule has 1 aliphatic heterocycles. The van der Waals surface area contributed by atoms with E-state index >= 15 is 0 Å². The van der Waals surface area contributed by atoms with E-state index in [9.17, 15) is 9.59 Å². The molecule has 2 aliphatic rings. The summed E-state index contributed by atoms with van der Waals surface area (Å²) in [6.07, 6.45) is 5.75. The number of piperidine rings is 1. The number of likely N-dealkylation sites (tertiary alicyclic amines) is 1.